The third kappa shape index (κ3) is 1.92. The fourth-order valence-corrected chi connectivity index (χ4v) is 5.69. The monoisotopic (exact) mass is 276 g/mol. The summed E-state index contributed by atoms with van der Waals surface area (Å²) < 4.78 is 0. The molecule has 4 aliphatic rings. The first-order valence-corrected chi connectivity index (χ1v) is 8.18. The first-order chi connectivity index (χ1) is 9.13. The van der Waals surface area contributed by atoms with Crippen LogP contribution in [0.3, 0.4) is 0 Å². The number of nitrogens with zero attached hydrogens (tertiary/aromatic N) is 1. The Kier molecular flexibility index (Phi) is 2.53. The first-order valence-electron chi connectivity index (χ1n) is 7.37. The lowest BCUT2D eigenvalue weighted by Crippen LogP contribution is -2.51. The van der Waals surface area contributed by atoms with Crippen LogP contribution >= 0.6 is 11.3 Å². The van der Waals surface area contributed by atoms with Crippen molar-refractivity contribution < 1.29 is 4.79 Å². The van der Waals surface area contributed by atoms with E-state index >= 15 is 0 Å². The molecule has 19 heavy (non-hydrogen) atoms. The normalized spacial score (nSPS) is 39.5. The second kappa shape index (κ2) is 4.05. The van der Waals surface area contributed by atoms with Gasteiger partial charge < -0.3 is 5.32 Å². The van der Waals surface area contributed by atoms with E-state index in [0.29, 0.717) is 0 Å². The highest BCUT2D eigenvalue weighted by atomic mass is 32.1. The Bertz CT molecular complexity index is 487. The maximum atomic E-state index is 12.7. The van der Waals surface area contributed by atoms with Crippen molar-refractivity contribution in [2.45, 2.75) is 45.4 Å². The van der Waals surface area contributed by atoms with Crippen LogP contribution in [0.25, 0.3) is 0 Å². The molecule has 0 aromatic carbocycles. The van der Waals surface area contributed by atoms with Crippen LogP contribution in [0.4, 0.5) is 5.13 Å². The summed E-state index contributed by atoms with van der Waals surface area (Å²) in [5.41, 5.74) is -0.0612. The van der Waals surface area contributed by atoms with E-state index < -0.39 is 0 Å². The summed E-state index contributed by atoms with van der Waals surface area (Å²) in [5, 5.41) is 3.86. The highest BCUT2D eigenvalue weighted by Crippen LogP contribution is 2.60. The number of amides is 1. The van der Waals surface area contributed by atoms with Crippen molar-refractivity contribution in [3.05, 3.63) is 11.1 Å². The predicted octanol–water partition coefficient (Wildman–Crippen LogP) is 3.61. The van der Waals surface area contributed by atoms with E-state index in [1.54, 1.807) is 11.3 Å². The maximum Gasteiger partial charge on any atom is 0.232 e. The lowest BCUT2D eigenvalue weighted by atomic mass is 9.49. The van der Waals surface area contributed by atoms with Crippen LogP contribution in [0, 0.1) is 30.1 Å². The lowest BCUT2D eigenvalue weighted by Gasteiger charge is -2.55. The fraction of sp³-hybridized carbons (Fsp3) is 0.733. The molecule has 4 heteroatoms. The van der Waals surface area contributed by atoms with Gasteiger partial charge >= 0.3 is 0 Å². The minimum Gasteiger partial charge on any atom is -0.301 e. The summed E-state index contributed by atoms with van der Waals surface area (Å²) in [4.78, 5) is 18.2. The second-order valence-corrected chi connectivity index (χ2v) is 8.16. The number of rotatable bonds is 2. The Hall–Kier alpha value is -0.900. The highest BCUT2D eigenvalue weighted by Gasteiger charge is 2.54. The van der Waals surface area contributed by atoms with E-state index in [0.717, 1.165) is 47.0 Å². The number of aryl methyl sites for hydroxylation is 1. The van der Waals surface area contributed by atoms with Gasteiger partial charge in [0.25, 0.3) is 0 Å². The molecule has 1 heterocycles. The molecule has 4 fully saturated rings. The van der Waals surface area contributed by atoms with Crippen LogP contribution < -0.4 is 5.32 Å². The van der Waals surface area contributed by atoms with E-state index in [2.05, 4.69) is 10.3 Å². The highest BCUT2D eigenvalue weighted by molar-refractivity contribution is 7.15. The molecule has 0 unspecified atom stereocenters. The van der Waals surface area contributed by atoms with Crippen molar-refractivity contribution in [3.8, 4) is 0 Å². The molecule has 1 aromatic heterocycles. The minimum atomic E-state index is -0.0612. The van der Waals surface area contributed by atoms with Crippen LogP contribution in [0.2, 0.25) is 0 Å². The summed E-state index contributed by atoms with van der Waals surface area (Å²) >= 11 is 1.58. The Morgan fingerprint density at radius 3 is 2.32 bits per heavy atom. The number of carbonyl (C=O) groups is 1. The quantitative estimate of drug-likeness (QED) is 0.896. The average Bonchev–Trinajstić information content (AvgIpc) is 2.73. The number of aromatic nitrogens is 1. The van der Waals surface area contributed by atoms with E-state index in [4.69, 9.17) is 0 Å². The number of nitrogens with one attached hydrogen (secondary N) is 1. The molecule has 3 nitrogen and oxygen atoms in total. The van der Waals surface area contributed by atoms with E-state index in [1.165, 1.54) is 19.3 Å². The summed E-state index contributed by atoms with van der Waals surface area (Å²) in [6, 6.07) is 0. The molecule has 5 rings (SSSR count). The van der Waals surface area contributed by atoms with Crippen LogP contribution in [-0.2, 0) is 4.79 Å². The van der Waals surface area contributed by atoms with Crippen molar-refractivity contribution in [2.75, 3.05) is 5.32 Å². The molecule has 1 N–H and O–H groups in total. The zero-order chi connectivity index (χ0) is 13.0. The Morgan fingerprint density at radius 2 is 1.84 bits per heavy atom. The van der Waals surface area contributed by atoms with Crippen molar-refractivity contribution >= 4 is 22.4 Å². The van der Waals surface area contributed by atoms with Crippen molar-refractivity contribution in [1.29, 1.82) is 0 Å². The number of hydrogen-bond donors (Lipinski definition) is 1. The number of thiazole rings is 1. The van der Waals surface area contributed by atoms with Crippen LogP contribution in [0.5, 0.6) is 0 Å². The molecule has 4 saturated carbocycles. The van der Waals surface area contributed by atoms with Gasteiger partial charge in [-0.3, -0.25) is 4.79 Å². The smallest absolute Gasteiger partial charge is 0.232 e. The van der Waals surface area contributed by atoms with Gasteiger partial charge in [-0.05, 0) is 63.2 Å². The van der Waals surface area contributed by atoms with Gasteiger partial charge in [0.05, 0.1) is 5.41 Å². The predicted molar refractivity (Wildman–Crippen MR) is 76.1 cm³/mol. The molecular weight excluding hydrogens is 256 g/mol. The molecule has 4 bridgehead atoms. The van der Waals surface area contributed by atoms with Gasteiger partial charge in [-0.25, -0.2) is 4.98 Å². The molecule has 0 radical (unpaired) electrons. The maximum absolute atomic E-state index is 12.7. The third-order valence-electron chi connectivity index (χ3n) is 5.36. The van der Waals surface area contributed by atoms with Crippen molar-refractivity contribution in [2.24, 2.45) is 23.2 Å². The van der Waals surface area contributed by atoms with Gasteiger partial charge in [0.1, 0.15) is 0 Å². The summed E-state index contributed by atoms with van der Waals surface area (Å²) in [6.07, 6.45) is 9.33. The largest absolute Gasteiger partial charge is 0.301 e. The zero-order valence-corrected chi connectivity index (χ0v) is 12.1. The van der Waals surface area contributed by atoms with Gasteiger partial charge in [0.2, 0.25) is 5.91 Å². The van der Waals surface area contributed by atoms with Gasteiger partial charge in [0, 0.05) is 11.1 Å². The van der Waals surface area contributed by atoms with E-state index in [1.807, 2.05) is 13.1 Å². The Morgan fingerprint density at radius 1 is 1.26 bits per heavy atom. The number of anilines is 1. The van der Waals surface area contributed by atoms with Gasteiger partial charge in [0.15, 0.2) is 5.13 Å². The zero-order valence-electron chi connectivity index (χ0n) is 11.3. The van der Waals surface area contributed by atoms with E-state index in [9.17, 15) is 4.79 Å². The van der Waals surface area contributed by atoms with Crippen LogP contribution in [0.15, 0.2) is 6.20 Å². The topological polar surface area (TPSA) is 42.0 Å². The second-order valence-electron chi connectivity index (χ2n) is 6.93. The van der Waals surface area contributed by atoms with Gasteiger partial charge in [-0.1, -0.05) is 0 Å². The molecule has 102 valence electrons. The standard InChI is InChI=1S/C15H20N2OS/c1-9-8-16-14(19-9)17-13(18)15-5-10-2-11(6-15)4-12(3-10)7-15/h8,10-12H,2-7H2,1H3,(H,16,17,18). The Labute approximate surface area is 117 Å². The molecule has 1 amide bonds. The summed E-state index contributed by atoms with van der Waals surface area (Å²) in [6.45, 7) is 2.03. The Balaban J connectivity index is 1.56. The lowest BCUT2D eigenvalue weighted by molar-refractivity contribution is -0.140. The molecule has 4 aliphatic carbocycles. The SMILES string of the molecule is Cc1cnc(NC(=O)C23CC4CC(CC(C4)C2)C3)s1. The van der Waals surface area contributed by atoms with Crippen molar-refractivity contribution in [1.82, 2.24) is 4.98 Å². The van der Waals surface area contributed by atoms with Gasteiger partial charge in [-0.2, -0.15) is 0 Å². The first kappa shape index (κ1) is 11.9. The van der Waals surface area contributed by atoms with Crippen molar-refractivity contribution in [3.63, 3.8) is 0 Å². The fourth-order valence-electron chi connectivity index (χ4n) is 5.03. The molecule has 0 atom stereocenters. The van der Waals surface area contributed by atoms with Crippen LogP contribution in [0.1, 0.15) is 43.4 Å². The van der Waals surface area contributed by atoms with E-state index in [-0.39, 0.29) is 11.3 Å². The average molecular weight is 276 g/mol. The van der Waals surface area contributed by atoms with Crippen LogP contribution in [-0.4, -0.2) is 10.9 Å². The molecule has 1 aromatic rings. The molecule has 0 aliphatic heterocycles. The summed E-state index contributed by atoms with van der Waals surface area (Å²) in [7, 11) is 0. The minimum absolute atomic E-state index is 0.0612. The number of hydrogen-bond acceptors (Lipinski definition) is 3. The molecule has 0 saturated heterocycles. The van der Waals surface area contributed by atoms with Gasteiger partial charge in [-0.15, -0.1) is 11.3 Å². The number of carbonyl (C=O) groups excluding carboxylic acids is 1. The molecular formula is C15H20N2OS. The summed E-state index contributed by atoms with van der Waals surface area (Å²) in [5.74, 6) is 2.70. The molecule has 0 spiro atoms. The third-order valence-corrected chi connectivity index (χ3v) is 6.19.